The number of amides is 1. The van der Waals surface area contributed by atoms with Crippen molar-refractivity contribution in [1.29, 1.82) is 0 Å². The van der Waals surface area contributed by atoms with Crippen LogP contribution >= 0.6 is 0 Å². The monoisotopic (exact) mass is 226 g/mol. The van der Waals surface area contributed by atoms with E-state index >= 15 is 0 Å². The van der Waals surface area contributed by atoms with E-state index < -0.39 is 0 Å². The number of nitrogens with two attached hydrogens (primary N) is 1. The van der Waals surface area contributed by atoms with Crippen LogP contribution in [-0.2, 0) is 4.79 Å². The summed E-state index contributed by atoms with van der Waals surface area (Å²) in [6.45, 7) is 3.30. The summed E-state index contributed by atoms with van der Waals surface area (Å²) in [5.74, 6) is 0.502. The van der Waals surface area contributed by atoms with Crippen molar-refractivity contribution < 1.29 is 9.90 Å². The lowest BCUT2D eigenvalue weighted by Crippen LogP contribution is -2.41. The van der Waals surface area contributed by atoms with Gasteiger partial charge in [0.25, 0.3) is 0 Å². The first kappa shape index (κ1) is 11.9. The number of aliphatic hydroxyl groups excluding tert-OH is 1. The second-order valence-electron chi connectivity index (χ2n) is 5.27. The molecule has 0 bridgehead atoms. The molecule has 1 aliphatic carbocycles. The quantitative estimate of drug-likeness (QED) is 0.713. The summed E-state index contributed by atoms with van der Waals surface area (Å²) in [5, 5.41) is 9.51. The fraction of sp³-hybridized carbons (Fsp3) is 0.917. The molecule has 0 aromatic rings. The maximum Gasteiger partial charge on any atom is 0.227 e. The van der Waals surface area contributed by atoms with Crippen LogP contribution in [0.1, 0.15) is 32.6 Å². The van der Waals surface area contributed by atoms with Gasteiger partial charge in [0.15, 0.2) is 0 Å². The predicted molar refractivity (Wildman–Crippen MR) is 61.7 cm³/mol. The van der Waals surface area contributed by atoms with Crippen LogP contribution in [0, 0.1) is 11.8 Å². The standard InChI is InChI=1S/C12H22N2O2/c1-8(15)9-5-6-14(7-9)12(16)10-3-2-4-11(10)13/h8-11,15H,2-7,13H2,1H3. The van der Waals surface area contributed by atoms with E-state index in [-0.39, 0.29) is 29.9 Å². The third kappa shape index (κ3) is 2.23. The molecule has 2 fully saturated rings. The summed E-state index contributed by atoms with van der Waals surface area (Å²) in [5.41, 5.74) is 5.95. The first-order valence-corrected chi connectivity index (χ1v) is 6.32. The van der Waals surface area contributed by atoms with Crippen LogP contribution in [0.2, 0.25) is 0 Å². The lowest BCUT2D eigenvalue weighted by molar-refractivity contribution is -0.134. The average molecular weight is 226 g/mol. The molecule has 4 nitrogen and oxygen atoms in total. The number of hydrogen-bond donors (Lipinski definition) is 2. The zero-order valence-electron chi connectivity index (χ0n) is 9.93. The topological polar surface area (TPSA) is 66.6 Å². The maximum absolute atomic E-state index is 12.2. The number of carbonyl (C=O) groups is 1. The summed E-state index contributed by atoms with van der Waals surface area (Å²) in [7, 11) is 0. The summed E-state index contributed by atoms with van der Waals surface area (Å²) in [6.07, 6.45) is 3.60. The Bertz CT molecular complexity index is 268. The average Bonchev–Trinajstić information content (AvgIpc) is 2.84. The van der Waals surface area contributed by atoms with E-state index in [1.807, 2.05) is 4.90 Å². The first-order chi connectivity index (χ1) is 7.59. The number of likely N-dealkylation sites (tertiary alicyclic amines) is 1. The Balaban J connectivity index is 1.91. The number of aliphatic hydroxyl groups is 1. The molecule has 3 N–H and O–H groups in total. The Morgan fingerprint density at radius 2 is 2.19 bits per heavy atom. The van der Waals surface area contributed by atoms with Gasteiger partial charge >= 0.3 is 0 Å². The zero-order valence-corrected chi connectivity index (χ0v) is 9.93. The molecule has 2 rings (SSSR count). The van der Waals surface area contributed by atoms with Gasteiger partial charge in [0, 0.05) is 25.0 Å². The van der Waals surface area contributed by atoms with Crippen molar-refractivity contribution in [3.05, 3.63) is 0 Å². The number of hydrogen-bond acceptors (Lipinski definition) is 3. The molecule has 1 amide bonds. The van der Waals surface area contributed by atoms with Crippen LogP contribution in [-0.4, -0.2) is 41.1 Å². The van der Waals surface area contributed by atoms with Crippen LogP contribution < -0.4 is 5.73 Å². The molecule has 4 heteroatoms. The minimum Gasteiger partial charge on any atom is -0.393 e. The van der Waals surface area contributed by atoms with E-state index in [9.17, 15) is 9.90 Å². The van der Waals surface area contributed by atoms with E-state index in [0.29, 0.717) is 6.54 Å². The van der Waals surface area contributed by atoms with Gasteiger partial charge in [-0.05, 0) is 26.2 Å². The fourth-order valence-corrected chi connectivity index (χ4v) is 2.91. The third-order valence-corrected chi connectivity index (χ3v) is 4.11. The van der Waals surface area contributed by atoms with E-state index in [2.05, 4.69) is 0 Å². The highest BCUT2D eigenvalue weighted by molar-refractivity contribution is 5.80. The SMILES string of the molecule is CC(O)C1CCN(C(=O)C2CCCC2N)C1. The van der Waals surface area contributed by atoms with Crippen molar-refractivity contribution in [2.24, 2.45) is 17.6 Å². The van der Waals surface area contributed by atoms with Crippen molar-refractivity contribution >= 4 is 5.91 Å². The molecule has 0 aromatic carbocycles. The van der Waals surface area contributed by atoms with Crippen molar-refractivity contribution in [1.82, 2.24) is 4.90 Å². The maximum atomic E-state index is 12.2. The molecule has 1 saturated heterocycles. The molecule has 0 aromatic heterocycles. The highest BCUT2D eigenvalue weighted by atomic mass is 16.3. The molecular formula is C12H22N2O2. The number of nitrogens with zero attached hydrogens (tertiary/aromatic N) is 1. The molecule has 0 spiro atoms. The van der Waals surface area contributed by atoms with Gasteiger partial charge in [0.05, 0.1) is 12.0 Å². The van der Waals surface area contributed by atoms with E-state index in [0.717, 1.165) is 32.2 Å². The van der Waals surface area contributed by atoms with Crippen LogP contribution in [0.15, 0.2) is 0 Å². The minimum atomic E-state index is -0.310. The lowest BCUT2D eigenvalue weighted by atomic mass is 10.0. The molecule has 16 heavy (non-hydrogen) atoms. The van der Waals surface area contributed by atoms with E-state index in [1.165, 1.54) is 0 Å². The van der Waals surface area contributed by atoms with Crippen LogP contribution in [0.25, 0.3) is 0 Å². The van der Waals surface area contributed by atoms with Crippen LogP contribution in [0.5, 0.6) is 0 Å². The van der Waals surface area contributed by atoms with Gasteiger partial charge in [-0.25, -0.2) is 0 Å². The summed E-state index contributed by atoms with van der Waals surface area (Å²) >= 11 is 0. The normalized spacial score (nSPS) is 36.7. The lowest BCUT2D eigenvalue weighted by Gasteiger charge is -2.23. The molecule has 4 atom stereocenters. The third-order valence-electron chi connectivity index (χ3n) is 4.11. The Labute approximate surface area is 96.8 Å². The zero-order chi connectivity index (χ0) is 11.7. The van der Waals surface area contributed by atoms with Crippen molar-refractivity contribution in [2.75, 3.05) is 13.1 Å². The first-order valence-electron chi connectivity index (χ1n) is 6.32. The Kier molecular flexibility index (Phi) is 3.50. The Morgan fingerprint density at radius 3 is 2.69 bits per heavy atom. The van der Waals surface area contributed by atoms with E-state index in [1.54, 1.807) is 6.92 Å². The van der Waals surface area contributed by atoms with Crippen molar-refractivity contribution in [3.8, 4) is 0 Å². The highest BCUT2D eigenvalue weighted by Gasteiger charge is 2.36. The molecular weight excluding hydrogens is 204 g/mol. The van der Waals surface area contributed by atoms with Gasteiger partial charge in [-0.3, -0.25) is 4.79 Å². The van der Waals surface area contributed by atoms with Gasteiger partial charge in [-0.15, -0.1) is 0 Å². The summed E-state index contributed by atoms with van der Waals surface area (Å²) < 4.78 is 0. The molecule has 2 aliphatic rings. The molecule has 1 heterocycles. The van der Waals surface area contributed by atoms with Gasteiger partial charge < -0.3 is 15.7 Å². The summed E-state index contributed by atoms with van der Waals surface area (Å²) in [4.78, 5) is 14.1. The van der Waals surface area contributed by atoms with Crippen molar-refractivity contribution in [2.45, 2.75) is 44.8 Å². The number of rotatable bonds is 2. The van der Waals surface area contributed by atoms with Gasteiger partial charge in [0.1, 0.15) is 0 Å². The minimum absolute atomic E-state index is 0.0350. The smallest absolute Gasteiger partial charge is 0.227 e. The number of carbonyl (C=O) groups excluding carboxylic acids is 1. The molecule has 0 radical (unpaired) electrons. The molecule has 1 aliphatic heterocycles. The largest absolute Gasteiger partial charge is 0.393 e. The molecule has 1 saturated carbocycles. The fourth-order valence-electron chi connectivity index (χ4n) is 2.91. The van der Waals surface area contributed by atoms with Gasteiger partial charge in [0.2, 0.25) is 5.91 Å². The Morgan fingerprint density at radius 1 is 1.44 bits per heavy atom. The van der Waals surface area contributed by atoms with Crippen LogP contribution in [0.4, 0.5) is 0 Å². The van der Waals surface area contributed by atoms with Crippen molar-refractivity contribution in [3.63, 3.8) is 0 Å². The predicted octanol–water partition coefficient (Wildman–Crippen LogP) is 0.343. The molecule has 92 valence electrons. The highest BCUT2D eigenvalue weighted by Crippen LogP contribution is 2.28. The van der Waals surface area contributed by atoms with E-state index in [4.69, 9.17) is 5.73 Å². The van der Waals surface area contributed by atoms with Gasteiger partial charge in [-0.2, -0.15) is 0 Å². The second kappa shape index (κ2) is 4.72. The Hall–Kier alpha value is -0.610. The molecule has 4 unspecified atom stereocenters. The second-order valence-corrected chi connectivity index (χ2v) is 5.27. The van der Waals surface area contributed by atoms with Crippen LogP contribution in [0.3, 0.4) is 0 Å². The van der Waals surface area contributed by atoms with Gasteiger partial charge in [-0.1, -0.05) is 6.42 Å². The summed E-state index contributed by atoms with van der Waals surface area (Å²) in [6, 6.07) is 0.0538.